The number of aromatic nitrogens is 3. The molecular formula is C15H10FN3O. The van der Waals surface area contributed by atoms with Crippen LogP contribution in [-0.2, 0) is 0 Å². The van der Waals surface area contributed by atoms with Gasteiger partial charge in [-0.3, -0.25) is 4.79 Å². The molecule has 0 saturated heterocycles. The second kappa shape index (κ2) is 5.05. The Kier molecular flexibility index (Phi) is 3.09. The second-order valence-electron chi connectivity index (χ2n) is 4.22. The average molecular weight is 267 g/mol. The summed E-state index contributed by atoms with van der Waals surface area (Å²) >= 11 is 0. The molecule has 0 amide bonds. The van der Waals surface area contributed by atoms with E-state index in [9.17, 15) is 9.18 Å². The smallest absolute Gasteiger partial charge is 0.150 e. The fourth-order valence-corrected chi connectivity index (χ4v) is 1.99. The molecule has 3 aromatic rings. The Morgan fingerprint density at radius 3 is 2.60 bits per heavy atom. The van der Waals surface area contributed by atoms with E-state index < -0.39 is 5.82 Å². The SMILES string of the molecule is O=Cc1ccc(-c2cnnn2-c2ccccc2)c(F)c1. The molecule has 1 heterocycles. The standard InChI is InChI=1S/C15H10FN3O/c16-14-8-11(10-20)6-7-13(14)15-9-17-18-19(15)12-4-2-1-3-5-12/h1-10H. The van der Waals surface area contributed by atoms with E-state index in [1.807, 2.05) is 30.3 Å². The molecule has 0 bridgehead atoms. The van der Waals surface area contributed by atoms with Gasteiger partial charge in [0.1, 0.15) is 12.1 Å². The molecule has 0 aliphatic rings. The lowest BCUT2D eigenvalue weighted by Crippen LogP contribution is -2.00. The highest BCUT2D eigenvalue weighted by atomic mass is 19.1. The molecule has 0 N–H and O–H groups in total. The van der Waals surface area contributed by atoms with Gasteiger partial charge in [0.25, 0.3) is 0 Å². The fourth-order valence-electron chi connectivity index (χ4n) is 1.99. The van der Waals surface area contributed by atoms with Crippen LogP contribution in [0.25, 0.3) is 16.9 Å². The molecule has 0 atom stereocenters. The Balaban J connectivity index is 2.13. The lowest BCUT2D eigenvalue weighted by molar-refractivity contribution is 0.112. The largest absolute Gasteiger partial charge is 0.298 e. The topological polar surface area (TPSA) is 47.8 Å². The van der Waals surface area contributed by atoms with Crippen molar-refractivity contribution >= 4 is 6.29 Å². The first-order valence-electron chi connectivity index (χ1n) is 6.01. The highest BCUT2D eigenvalue weighted by Crippen LogP contribution is 2.24. The van der Waals surface area contributed by atoms with Gasteiger partial charge in [-0.05, 0) is 24.3 Å². The van der Waals surface area contributed by atoms with Crippen molar-refractivity contribution in [3.63, 3.8) is 0 Å². The summed E-state index contributed by atoms with van der Waals surface area (Å²) < 4.78 is 15.6. The van der Waals surface area contributed by atoms with E-state index in [0.717, 1.165) is 5.69 Å². The van der Waals surface area contributed by atoms with Crippen LogP contribution in [0.5, 0.6) is 0 Å². The number of carbonyl (C=O) groups is 1. The van der Waals surface area contributed by atoms with Gasteiger partial charge < -0.3 is 0 Å². The molecule has 20 heavy (non-hydrogen) atoms. The van der Waals surface area contributed by atoms with Crippen LogP contribution < -0.4 is 0 Å². The molecule has 0 unspecified atom stereocenters. The maximum atomic E-state index is 14.1. The number of carbonyl (C=O) groups excluding carboxylic acids is 1. The lowest BCUT2D eigenvalue weighted by atomic mass is 10.1. The van der Waals surface area contributed by atoms with E-state index in [2.05, 4.69) is 10.3 Å². The first-order valence-corrected chi connectivity index (χ1v) is 6.01. The number of para-hydroxylation sites is 1. The normalized spacial score (nSPS) is 10.4. The van der Waals surface area contributed by atoms with Crippen molar-refractivity contribution in [2.45, 2.75) is 0 Å². The maximum absolute atomic E-state index is 14.1. The number of hydrogen-bond acceptors (Lipinski definition) is 3. The minimum Gasteiger partial charge on any atom is -0.298 e. The molecule has 0 fully saturated rings. The van der Waals surface area contributed by atoms with E-state index >= 15 is 0 Å². The molecule has 2 aromatic carbocycles. The van der Waals surface area contributed by atoms with E-state index in [4.69, 9.17) is 0 Å². The summed E-state index contributed by atoms with van der Waals surface area (Å²) in [5.74, 6) is -0.478. The van der Waals surface area contributed by atoms with Crippen molar-refractivity contribution in [3.05, 3.63) is 66.1 Å². The molecule has 0 saturated carbocycles. The van der Waals surface area contributed by atoms with E-state index in [-0.39, 0.29) is 0 Å². The average Bonchev–Trinajstić information content (AvgIpc) is 2.97. The number of benzene rings is 2. The molecule has 1 aromatic heterocycles. The van der Waals surface area contributed by atoms with Crippen LogP contribution in [0.3, 0.4) is 0 Å². The number of hydrogen-bond donors (Lipinski definition) is 0. The van der Waals surface area contributed by atoms with Gasteiger partial charge in [-0.25, -0.2) is 9.07 Å². The molecule has 0 radical (unpaired) electrons. The predicted molar refractivity (Wildman–Crippen MR) is 72.1 cm³/mol. The van der Waals surface area contributed by atoms with Crippen molar-refractivity contribution in [3.8, 4) is 16.9 Å². The Morgan fingerprint density at radius 2 is 1.90 bits per heavy atom. The fraction of sp³-hybridized carbons (Fsp3) is 0. The van der Waals surface area contributed by atoms with Gasteiger partial charge in [-0.15, -0.1) is 5.10 Å². The van der Waals surface area contributed by atoms with Crippen molar-refractivity contribution in [1.29, 1.82) is 0 Å². The summed E-state index contributed by atoms with van der Waals surface area (Å²) in [7, 11) is 0. The van der Waals surface area contributed by atoms with Crippen LogP contribution in [0.2, 0.25) is 0 Å². The van der Waals surface area contributed by atoms with Crippen LogP contribution in [-0.4, -0.2) is 21.3 Å². The van der Waals surface area contributed by atoms with Crippen LogP contribution in [0.4, 0.5) is 4.39 Å². The third-order valence-corrected chi connectivity index (χ3v) is 2.96. The minimum absolute atomic E-state index is 0.296. The first-order chi connectivity index (χ1) is 9.79. The monoisotopic (exact) mass is 267 g/mol. The third kappa shape index (κ3) is 2.09. The number of nitrogens with zero attached hydrogens (tertiary/aromatic N) is 3. The number of aldehydes is 1. The van der Waals surface area contributed by atoms with Crippen LogP contribution in [0.1, 0.15) is 10.4 Å². The summed E-state index contributed by atoms with van der Waals surface area (Å²) in [6.45, 7) is 0. The van der Waals surface area contributed by atoms with Crippen molar-refractivity contribution in [2.75, 3.05) is 0 Å². The van der Waals surface area contributed by atoms with Crippen LogP contribution in [0, 0.1) is 5.82 Å². The van der Waals surface area contributed by atoms with E-state index in [0.29, 0.717) is 23.1 Å². The molecule has 5 heteroatoms. The van der Waals surface area contributed by atoms with Crippen molar-refractivity contribution in [2.24, 2.45) is 0 Å². The summed E-state index contributed by atoms with van der Waals surface area (Å²) in [6, 6.07) is 13.7. The second-order valence-corrected chi connectivity index (χ2v) is 4.22. The van der Waals surface area contributed by atoms with E-state index in [1.54, 1.807) is 16.8 Å². The Hall–Kier alpha value is -2.82. The van der Waals surface area contributed by atoms with Crippen molar-refractivity contribution in [1.82, 2.24) is 15.0 Å². The van der Waals surface area contributed by atoms with Crippen LogP contribution >= 0.6 is 0 Å². The summed E-state index contributed by atoms with van der Waals surface area (Å²) in [4.78, 5) is 10.6. The van der Waals surface area contributed by atoms with Crippen molar-refractivity contribution < 1.29 is 9.18 Å². The molecule has 98 valence electrons. The quantitative estimate of drug-likeness (QED) is 0.685. The highest BCUT2D eigenvalue weighted by Gasteiger charge is 2.13. The van der Waals surface area contributed by atoms with Gasteiger partial charge in [-0.2, -0.15) is 0 Å². The van der Waals surface area contributed by atoms with E-state index in [1.165, 1.54) is 12.3 Å². The number of halogens is 1. The minimum atomic E-state index is -0.478. The third-order valence-electron chi connectivity index (χ3n) is 2.96. The summed E-state index contributed by atoms with van der Waals surface area (Å²) in [5.41, 5.74) is 1.97. The molecule has 0 spiro atoms. The zero-order valence-electron chi connectivity index (χ0n) is 10.4. The Bertz CT molecular complexity index is 753. The van der Waals surface area contributed by atoms with Gasteiger partial charge in [0, 0.05) is 11.1 Å². The molecule has 0 aliphatic heterocycles. The Labute approximate surface area is 114 Å². The van der Waals surface area contributed by atoms with Crippen LogP contribution in [0.15, 0.2) is 54.7 Å². The summed E-state index contributed by atoms with van der Waals surface area (Å²) in [6.07, 6.45) is 2.10. The molecule has 3 rings (SSSR count). The zero-order valence-corrected chi connectivity index (χ0v) is 10.4. The maximum Gasteiger partial charge on any atom is 0.150 e. The Morgan fingerprint density at radius 1 is 1.10 bits per heavy atom. The summed E-state index contributed by atoms with van der Waals surface area (Å²) in [5, 5.41) is 7.81. The molecule has 4 nitrogen and oxygen atoms in total. The van der Waals surface area contributed by atoms with Gasteiger partial charge in [0.05, 0.1) is 17.6 Å². The first kappa shape index (κ1) is 12.2. The van der Waals surface area contributed by atoms with Gasteiger partial charge >= 0.3 is 0 Å². The predicted octanol–water partition coefficient (Wildman–Crippen LogP) is 2.89. The zero-order chi connectivity index (χ0) is 13.9. The molecular weight excluding hydrogens is 257 g/mol. The molecule has 0 aliphatic carbocycles. The highest BCUT2D eigenvalue weighted by molar-refractivity contribution is 5.76. The van der Waals surface area contributed by atoms with Gasteiger partial charge in [0.2, 0.25) is 0 Å². The van der Waals surface area contributed by atoms with Gasteiger partial charge in [-0.1, -0.05) is 29.5 Å². The number of rotatable bonds is 3. The van der Waals surface area contributed by atoms with Gasteiger partial charge in [0.15, 0.2) is 0 Å². The lowest BCUT2D eigenvalue weighted by Gasteiger charge is -2.07.